The second kappa shape index (κ2) is 13.2. The van der Waals surface area contributed by atoms with Gasteiger partial charge in [0.15, 0.2) is 0 Å². The van der Waals surface area contributed by atoms with Crippen molar-refractivity contribution in [2.75, 3.05) is 24.3 Å². The Hall–Kier alpha value is -1.99. The Kier molecular flexibility index (Phi) is 12.2. The third-order valence-electron chi connectivity index (χ3n) is 3.21. The second-order valence-electron chi connectivity index (χ2n) is 5.41. The number of nitrogens with two attached hydrogens (primary N) is 1. The highest BCUT2D eigenvalue weighted by Gasteiger charge is 2.25. The van der Waals surface area contributed by atoms with Crippen LogP contribution in [-0.2, 0) is 24.0 Å². The summed E-state index contributed by atoms with van der Waals surface area (Å²) in [5.74, 6) is -4.33. The summed E-state index contributed by atoms with van der Waals surface area (Å²) in [7, 11) is 0. The van der Waals surface area contributed by atoms with Crippen molar-refractivity contribution in [3.05, 3.63) is 0 Å². The molecule has 0 aliphatic heterocycles. The molecule has 0 aliphatic rings. The Balaban J connectivity index is 4.73. The number of hydrogen-bond donors (Lipinski definition) is 7. The number of thiol groups is 1. The van der Waals surface area contributed by atoms with Gasteiger partial charge in [-0.05, 0) is 18.4 Å². The fourth-order valence-electron chi connectivity index (χ4n) is 1.79. The van der Waals surface area contributed by atoms with E-state index in [0.29, 0.717) is 5.75 Å². The first kappa shape index (κ1) is 25.0. The van der Waals surface area contributed by atoms with Gasteiger partial charge in [-0.2, -0.15) is 24.4 Å². The zero-order valence-electron chi connectivity index (χ0n) is 14.6. The number of aliphatic carboxylic acids is 2. The lowest BCUT2D eigenvalue weighted by atomic mass is 10.1. The van der Waals surface area contributed by atoms with Crippen molar-refractivity contribution >= 4 is 54.1 Å². The molecule has 3 atom stereocenters. The third-order valence-corrected chi connectivity index (χ3v) is 4.22. The summed E-state index contributed by atoms with van der Waals surface area (Å²) in [5.41, 5.74) is 5.46. The van der Waals surface area contributed by atoms with Gasteiger partial charge in [0.05, 0.1) is 19.0 Å². The molecule has 11 nitrogen and oxygen atoms in total. The van der Waals surface area contributed by atoms with Crippen LogP contribution in [0, 0.1) is 0 Å². The second-order valence-corrected chi connectivity index (χ2v) is 6.76. The highest BCUT2D eigenvalue weighted by Crippen LogP contribution is 2.02. The van der Waals surface area contributed by atoms with Crippen LogP contribution >= 0.6 is 24.4 Å². The van der Waals surface area contributed by atoms with Crippen molar-refractivity contribution in [2.45, 2.75) is 31.0 Å². The fraction of sp³-hybridized carbons (Fsp3) is 0.643. The van der Waals surface area contributed by atoms with Gasteiger partial charge in [0, 0.05) is 5.75 Å². The molecule has 0 aromatic heterocycles. The molecule has 0 aromatic carbocycles. The van der Waals surface area contributed by atoms with Gasteiger partial charge in [-0.15, -0.1) is 0 Å². The monoisotopic (exact) mass is 424 g/mol. The molecule has 154 valence electrons. The summed E-state index contributed by atoms with van der Waals surface area (Å²) in [4.78, 5) is 57.3. The predicted molar refractivity (Wildman–Crippen MR) is 102 cm³/mol. The van der Waals surface area contributed by atoms with Gasteiger partial charge in [0.25, 0.3) is 0 Å². The minimum absolute atomic E-state index is 0.122. The summed E-state index contributed by atoms with van der Waals surface area (Å²) in [6.45, 7) is -0.497. The van der Waals surface area contributed by atoms with Crippen LogP contribution in [-0.4, -0.2) is 82.3 Å². The van der Waals surface area contributed by atoms with Crippen molar-refractivity contribution in [1.82, 2.24) is 16.0 Å². The minimum atomic E-state index is -1.32. The van der Waals surface area contributed by atoms with Crippen LogP contribution in [0.4, 0.5) is 0 Å². The van der Waals surface area contributed by atoms with Gasteiger partial charge in [0.1, 0.15) is 12.1 Å². The lowest BCUT2D eigenvalue weighted by molar-refractivity contribution is -0.141. The molecule has 0 radical (unpaired) electrons. The van der Waals surface area contributed by atoms with E-state index in [1.807, 2.05) is 0 Å². The van der Waals surface area contributed by atoms with Crippen molar-refractivity contribution < 1.29 is 34.2 Å². The van der Waals surface area contributed by atoms with Gasteiger partial charge < -0.3 is 31.9 Å². The average Bonchev–Trinajstić information content (AvgIpc) is 2.59. The van der Waals surface area contributed by atoms with Crippen LogP contribution in [0.2, 0.25) is 0 Å². The first-order valence-electron chi connectivity index (χ1n) is 7.79. The van der Waals surface area contributed by atoms with E-state index >= 15 is 0 Å². The molecule has 0 bridgehead atoms. The molecule has 13 heteroatoms. The van der Waals surface area contributed by atoms with E-state index in [0.717, 1.165) is 0 Å². The summed E-state index contributed by atoms with van der Waals surface area (Å²) in [6, 6.07) is -3.53. The van der Waals surface area contributed by atoms with Crippen molar-refractivity contribution in [3.63, 3.8) is 0 Å². The van der Waals surface area contributed by atoms with E-state index in [-0.39, 0.29) is 12.2 Å². The van der Waals surface area contributed by atoms with Crippen LogP contribution in [0.5, 0.6) is 0 Å². The first-order chi connectivity index (χ1) is 12.6. The van der Waals surface area contributed by atoms with Gasteiger partial charge in [-0.25, -0.2) is 4.79 Å². The molecule has 7 N–H and O–H groups in total. The zero-order chi connectivity index (χ0) is 21.0. The van der Waals surface area contributed by atoms with Crippen molar-refractivity contribution in [3.8, 4) is 0 Å². The van der Waals surface area contributed by atoms with Crippen LogP contribution in [0.25, 0.3) is 0 Å². The third kappa shape index (κ3) is 10.7. The number of carboxylic acid groups (broad SMARTS) is 2. The molecule has 0 saturated carbocycles. The number of rotatable bonds is 13. The van der Waals surface area contributed by atoms with E-state index in [4.69, 9.17) is 15.9 Å². The number of carbonyl (C=O) groups excluding carboxylic acids is 3. The van der Waals surface area contributed by atoms with Crippen LogP contribution in [0.15, 0.2) is 0 Å². The largest absolute Gasteiger partial charge is 0.481 e. The fourth-order valence-corrected chi connectivity index (χ4v) is 2.50. The zero-order valence-corrected chi connectivity index (χ0v) is 16.3. The Morgan fingerprint density at radius 1 is 1.07 bits per heavy atom. The molecule has 27 heavy (non-hydrogen) atoms. The molecular weight excluding hydrogens is 400 g/mol. The molecule has 0 heterocycles. The van der Waals surface area contributed by atoms with E-state index in [9.17, 15) is 24.0 Å². The Morgan fingerprint density at radius 2 is 1.70 bits per heavy atom. The molecule has 0 spiro atoms. The molecule has 0 aliphatic carbocycles. The molecule has 0 saturated heterocycles. The number of hydrogen-bond acceptors (Lipinski definition) is 8. The average molecular weight is 425 g/mol. The Morgan fingerprint density at radius 3 is 2.19 bits per heavy atom. The highest BCUT2D eigenvalue weighted by atomic mass is 32.2. The number of amides is 3. The molecule has 0 fully saturated rings. The lowest BCUT2D eigenvalue weighted by Crippen LogP contribution is -2.54. The molecule has 3 amide bonds. The molecule has 3 unspecified atom stereocenters. The maximum Gasteiger partial charge on any atom is 0.327 e. The highest BCUT2D eigenvalue weighted by molar-refractivity contribution is 7.98. The lowest BCUT2D eigenvalue weighted by Gasteiger charge is -2.20. The Labute approximate surface area is 165 Å². The van der Waals surface area contributed by atoms with Crippen molar-refractivity contribution in [1.29, 1.82) is 0 Å². The quantitative estimate of drug-likeness (QED) is 0.159. The summed E-state index contributed by atoms with van der Waals surface area (Å²) in [6.07, 6.45) is 1.43. The number of carbonyl (C=O) groups is 5. The van der Waals surface area contributed by atoms with E-state index < -0.39 is 60.8 Å². The van der Waals surface area contributed by atoms with Crippen molar-refractivity contribution in [2.24, 2.45) is 5.73 Å². The van der Waals surface area contributed by atoms with Crippen LogP contribution in [0.1, 0.15) is 12.8 Å². The number of thioether (sulfide) groups is 1. The van der Waals surface area contributed by atoms with E-state index in [1.54, 1.807) is 6.26 Å². The summed E-state index contributed by atoms with van der Waals surface area (Å²) in [5, 5.41) is 24.3. The summed E-state index contributed by atoms with van der Waals surface area (Å²) < 4.78 is 0. The van der Waals surface area contributed by atoms with E-state index in [2.05, 4.69) is 28.6 Å². The topological polar surface area (TPSA) is 188 Å². The van der Waals surface area contributed by atoms with Crippen LogP contribution < -0.4 is 21.7 Å². The van der Waals surface area contributed by atoms with Gasteiger partial charge in [0.2, 0.25) is 17.7 Å². The maximum atomic E-state index is 12.2. The molecular formula is C14H24N4O7S2. The minimum Gasteiger partial charge on any atom is -0.481 e. The predicted octanol–water partition coefficient (Wildman–Crippen LogP) is -2.36. The van der Waals surface area contributed by atoms with Gasteiger partial charge >= 0.3 is 11.9 Å². The van der Waals surface area contributed by atoms with Gasteiger partial charge in [-0.3, -0.25) is 19.2 Å². The number of carboxylic acids is 2. The standard InChI is InChI=1S/C14H24N4O7S2/c1-27-3-2-8(18-12(22)7(15)4-11(20)21)13(23)16-5-10(19)17-9(6-26)14(24)25/h7-9,26H,2-6,15H2,1H3,(H,16,23)(H,17,19)(H,18,22)(H,20,21)(H,24,25). The first-order valence-corrected chi connectivity index (χ1v) is 9.82. The number of nitrogens with one attached hydrogen (secondary N) is 3. The molecule has 0 rings (SSSR count). The SMILES string of the molecule is CSCCC(NC(=O)C(N)CC(=O)O)C(=O)NCC(=O)NC(CS)C(=O)O. The normalized spacial score (nSPS) is 13.7. The van der Waals surface area contributed by atoms with Crippen LogP contribution in [0.3, 0.4) is 0 Å². The smallest absolute Gasteiger partial charge is 0.327 e. The molecule has 0 aromatic rings. The van der Waals surface area contributed by atoms with E-state index in [1.165, 1.54) is 11.8 Å². The summed E-state index contributed by atoms with van der Waals surface area (Å²) >= 11 is 5.23. The maximum absolute atomic E-state index is 12.2. The Bertz CT molecular complexity index is 562. The van der Waals surface area contributed by atoms with Gasteiger partial charge in [-0.1, -0.05) is 0 Å².